The van der Waals surface area contributed by atoms with Gasteiger partial charge in [0.2, 0.25) is 0 Å². The second-order valence-corrected chi connectivity index (χ2v) is 4.16. The molecule has 0 aromatic rings. The summed E-state index contributed by atoms with van der Waals surface area (Å²) in [4.78, 5) is 0. The lowest BCUT2D eigenvalue weighted by Gasteiger charge is -1.88. The lowest BCUT2D eigenvalue weighted by Crippen LogP contribution is -1.82. The van der Waals surface area contributed by atoms with Crippen LogP contribution in [-0.4, -0.2) is 11.0 Å². The van der Waals surface area contributed by atoms with Crippen LogP contribution >= 0.6 is 8.20 Å². The van der Waals surface area contributed by atoms with E-state index in [9.17, 15) is 0 Å². The Morgan fingerprint density at radius 3 is 2.57 bits per heavy atom. The van der Waals surface area contributed by atoms with Gasteiger partial charge in [0.25, 0.3) is 0 Å². The van der Waals surface area contributed by atoms with Gasteiger partial charge in [-0.2, -0.15) is 0 Å². The van der Waals surface area contributed by atoms with Crippen LogP contribution in [-0.2, 0) is 0 Å². The van der Waals surface area contributed by atoms with Crippen LogP contribution in [0.2, 0.25) is 0 Å². The molecule has 0 amide bonds. The van der Waals surface area contributed by atoms with E-state index in [-0.39, 0.29) is 0 Å². The van der Waals surface area contributed by atoms with Gasteiger partial charge in [-0.3, -0.25) is 0 Å². The smallest absolute Gasteiger partial charge is 0.00170 e. The van der Waals surface area contributed by atoms with Crippen LogP contribution in [0.25, 0.3) is 0 Å². The molecule has 1 atom stereocenters. The molecule has 0 bridgehead atoms. The summed E-state index contributed by atoms with van der Waals surface area (Å²) in [5, 5.41) is 1.67. The molecule has 0 nitrogen and oxygen atoms in total. The standard InChI is InChI=1S/C6H11P/c1-5-3-4-6(2)7-5/h5H,3-4H2,1-2H3. The molecule has 1 rings (SSSR count). The first kappa shape index (κ1) is 5.31. The lowest BCUT2D eigenvalue weighted by atomic mass is 10.2. The summed E-state index contributed by atoms with van der Waals surface area (Å²) in [6.45, 7) is 4.57. The Kier molecular flexibility index (Phi) is 1.49. The van der Waals surface area contributed by atoms with Crippen LogP contribution in [0.15, 0.2) is 0 Å². The van der Waals surface area contributed by atoms with Gasteiger partial charge in [0.1, 0.15) is 0 Å². The highest BCUT2D eigenvalue weighted by Gasteiger charge is 2.06. The maximum absolute atomic E-state index is 2.32. The van der Waals surface area contributed by atoms with Gasteiger partial charge in [0, 0.05) is 0 Å². The van der Waals surface area contributed by atoms with Crippen molar-refractivity contribution in [2.75, 3.05) is 0 Å². The second kappa shape index (κ2) is 1.96. The molecule has 1 unspecified atom stereocenters. The van der Waals surface area contributed by atoms with Crippen LogP contribution in [0.1, 0.15) is 26.7 Å². The van der Waals surface area contributed by atoms with E-state index >= 15 is 0 Å². The Labute approximate surface area is 46.7 Å². The van der Waals surface area contributed by atoms with Crippen molar-refractivity contribution in [1.82, 2.24) is 0 Å². The molecule has 1 aliphatic heterocycles. The van der Waals surface area contributed by atoms with Gasteiger partial charge >= 0.3 is 0 Å². The fraction of sp³-hybridized carbons (Fsp3) is 0.833. The van der Waals surface area contributed by atoms with Crippen molar-refractivity contribution in [2.24, 2.45) is 0 Å². The molecular formula is C6H11P. The van der Waals surface area contributed by atoms with Gasteiger partial charge in [-0.05, 0) is 30.7 Å². The van der Waals surface area contributed by atoms with E-state index in [2.05, 4.69) is 13.8 Å². The van der Waals surface area contributed by atoms with Crippen molar-refractivity contribution in [3.63, 3.8) is 0 Å². The SMILES string of the molecule is CC1=PC(C)CC1. The predicted molar refractivity (Wildman–Crippen MR) is 36.3 cm³/mol. The van der Waals surface area contributed by atoms with Crippen LogP contribution in [0.3, 0.4) is 0 Å². The van der Waals surface area contributed by atoms with E-state index < -0.39 is 0 Å². The summed E-state index contributed by atoms with van der Waals surface area (Å²) in [6, 6.07) is 0. The van der Waals surface area contributed by atoms with Gasteiger partial charge in [-0.15, -0.1) is 8.20 Å². The first-order chi connectivity index (χ1) is 3.29. The van der Waals surface area contributed by atoms with Crippen LogP contribution in [0.4, 0.5) is 0 Å². The van der Waals surface area contributed by atoms with E-state index in [0.29, 0.717) is 0 Å². The molecule has 0 saturated carbocycles. The van der Waals surface area contributed by atoms with E-state index in [0.717, 1.165) is 5.66 Å². The van der Waals surface area contributed by atoms with Gasteiger partial charge in [0.15, 0.2) is 0 Å². The summed E-state index contributed by atoms with van der Waals surface area (Å²) in [5.74, 6) is 0. The average Bonchev–Trinajstić information content (AvgIpc) is 1.87. The molecule has 0 saturated heterocycles. The van der Waals surface area contributed by atoms with Gasteiger partial charge in [0.05, 0.1) is 0 Å². The van der Waals surface area contributed by atoms with Gasteiger partial charge in [-0.1, -0.05) is 6.92 Å². The van der Waals surface area contributed by atoms with Crippen LogP contribution in [0.5, 0.6) is 0 Å². The molecule has 7 heavy (non-hydrogen) atoms. The normalized spacial score (nSPS) is 32.9. The van der Waals surface area contributed by atoms with Crippen molar-refractivity contribution in [1.29, 1.82) is 0 Å². The fourth-order valence-corrected chi connectivity index (χ4v) is 2.19. The van der Waals surface area contributed by atoms with E-state index in [1.165, 1.54) is 12.8 Å². The van der Waals surface area contributed by atoms with Gasteiger partial charge < -0.3 is 0 Å². The van der Waals surface area contributed by atoms with Gasteiger partial charge in [-0.25, -0.2) is 0 Å². The minimum Gasteiger partial charge on any atom is -0.103 e. The monoisotopic (exact) mass is 114 g/mol. The van der Waals surface area contributed by atoms with Crippen molar-refractivity contribution < 1.29 is 0 Å². The molecule has 0 radical (unpaired) electrons. The van der Waals surface area contributed by atoms with Crippen molar-refractivity contribution in [2.45, 2.75) is 32.3 Å². The minimum atomic E-state index is 0.958. The van der Waals surface area contributed by atoms with E-state index in [1.54, 1.807) is 13.5 Å². The van der Waals surface area contributed by atoms with Crippen LogP contribution in [0, 0.1) is 0 Å². The first-order valence-electron chi connectivity index (χ1n) is 2.82. The quantitative estimate of drug-likeness (QED) is 0.424. The molecule has 0 fully saturated rings. The molecule has 0 aromatic carbocycles. The highest BCUT2D eigenvalue weighted by atomic mass is 31.1. The molecule has 0 N–H and O–H groups in total. The van der Waals surface area contributed by atoms with Crippen molar-refractivity contribution >= 4 is 13.5 Å². The largest absolute Gasteiger partial charge is 0.103 e. The maximum Gasteiger partial charge on any atom is -0.00170 e. The zero-order valence-electron chi connectivity index (χ0n) is 4.94. The highest BCUT2D eigenvalue weighted by molar-refractivity contribution is 7.41. The Balaban J connectivity index is 2.50. The molecule has 0 aromatic heterocycles. The average molecular weight is 114 g/mol. The summed E-state index contributed by atoms with van der Waals surface area (Å²) < 4.78 is 0. The first-order valence-corrected chi connectivity index (χ1v) is 3.78. The number of hydrogen-bond donors (Lipinski definition) is 0. The third-order valence-corrected chi connectivity index (χ3v) is 2.73. The molecular weight excluding hydrogens is 103 g/mol. The van der Waals surface area contributed by atoms with E-state index in [1.807, 2.05) is 0 Å². The fourth-order valence-electron chi connectivity index (χ4n) is 0.923. The predicted octanol–water partition coefficient (Wildman–Crippen LogP) is 2.31. The molecule has 0 aliphatic carbocycles. The molecule has 1 heterocycles. The molecule has 40 valence electrons. The Hall–Kier alpha value is 0.170. The summed E-state index contributed by atoms with van der Waals surface area (Å²) in [5.41, 5.74) is 0.958. The third-order valence-electron chi connectivity index (χ3n) is 1.36. The highest BCUT2D eigenvalue weighted by Crippen LogP contribution is 2.24. The topological polar surface area (TPSA) is 0 Å². The zero-order valence-corrected chi connectivity index (χ0v) is 5.83. The summed E-state index contributed by atoms with van der Waals surface area (Å²) in [7, 11) is 1.60. The maximum atomic E-state index is 2.32. The van der Waals surface area contributed by atoms with Crippen molar-refractivity contribution in [3.05, 3.63) is 0 Å². The number of hydrogen-bond acceptors (Lipinski definition) is 0. The summed E-state index contributed by atoms with van der Waals surface area (Å²) in [6.07, 6.45) is 2.80. The lowest BCUT2D eigenvalue weighted by molar-refractivity contribution is 0.873. The van der Waals surface area contributed by atoms with E-state index in [4.69, 9.17) is 0 Å². The number of rotatable bonds is 0. The molecule has 1 aliphatic rings. The molecule has 0 spiro atoms. The molecule has 1 heteroatoms. The summed E-state index contributed by atoms with van der Waals surface area (Å²) >= 11 is 0. The third kappa shape index (κ3) is 1.28. The minimum absolute atomic E-state index is 0.958. The van der Waals surface area contributed by atoms with Crippen LogP contribution < -0.4 is 0 Å². The second-order valence-electron chi connectivity index (χ2n) is 2.25. The Bertz CT molecular complexity index is 94.4. The van der Waals surface area contributed by atoms with Crippen molar-refractivity contribution in [3.8, 4) is 0 Å². The zero-order chi connectivity index (χ0) is 5.28. The Morgan fingerprint density at radius 2 is 2.43 bits per heavy atom. The Morgan fingerprint density at radius 1 is 1.71 bits per heavy atom.